The van der Waals surface area contributed by atoms with Gasteiger partial charge in [-0.25, -0.2) is 9.97 Å². The van der Waals surface area contributed by atoms with Gasteiger partial charge >= 0.3 is 0 Å². The van der Waals surface area contributed by atoms with Crippen molar-refractivity contribution in [2.45, 2.75) is 33.1 Å². The number of nitrogens with zero attached hydrogens (tertiary/aromatic N) is 4. The van der Waals surface area contributed by atoms with Gasteiger partial charge in [-0.1, -0.05) is 19.1 Å². The smallest absolute Gasteiger partial charge is 0.141 e. The molecule has 1 atom stereocenters. The minimum absolute atomic E-state index is 0.359. The number of aryl methyl sites for hydroxylation is 2. The Balaban J connectivity index is 1.46. The fraction of sp³-hybridized carbons (Fsp3) is 0.455. The van der Waals surface area contributed by atoms with Crippen molar-refractivity contribution < 1.29 is 5.11 Å². The molecule has 1 fully saturated rings. The number of rotatable bonds is 2. The van der Waals surface area contributed by atoms with E-state index in [0.717, 1.165) is 60.7 Å². The number of para-hydroxylation sites is 2. The lowest BCUT2D eigenvalue weighted by Crippen LogP contribution is -2.47. The second kappa shape index (κ2) is 6.92. The van der Waals surface area contributed by atoms with Crippen molar-refractivity contribution in [2.24, 2.45) is 5.92 Å². The Hall–Kier alpha value is -2.34. The Bertz CT molecular complexity index is 1020. The third kappa shape index (κ3) is 3.00. The lowest BCUT2D eigenvalue weighted by molar-refractivity contribution is 0.472. The average molecular weight is 395 g/mol. The summed E-state index contributed by atoms with van der Waals surface area (Å²) in [6, 6.07) is 7.61. The molecule has 5 rings (SSSR count). The molecule has 0 amide bonds. The van der Waals surface area contributed by atoms with E-state index in [1.54, 1.807) is 6.07 Å². The van der Waals surface area contributed by atoms with Crippen molar-refractivity contribution in [1.82, 2.24) is 9.97 Å². The minimum Gasteiger partial charge on any atom is -0.506 e. The molecule has 2 aromatic heterocycles. The van der Waals surface area contributed by atoms with Crippen LogP contribution in [0.15, 0.2) is 24.3 Å². The highest BCUT2D eigenvalue weighted by Crippen LogP contribution is 2.41. The van der Waals surface area contributed by atoms with Crippen LogP contribution < -0.4 is 9.80 Å². The number of phenols is 1. The molecule has 6 heteroatoms. The zero-order valence-corrected chi connectivity index (χ0v) is 17.3. The van der Waals surface area contributed by atoms with Crippen LogP contribution in [0.3, 0.4) is 0 Å². The molecule has 1 saturated heterocycles. The first-order valence-electron chi connectivity index (χ1n) is 10.2. The molecule has 5 nitrogen and oxygen atoms in total. The Morgan fingerprint density at radius 1 is 1.07 bits per heavy atom. The number of thiophene rings is 1. The van der Waals surface area contributed by atoms with Gasteiger partial charge in [0.1, 0.15) is 22.2 Å². The van der Waals surface area contributed by atoms with E-state index >= 15 is 0 Å². The van der Waals surface area contributed by atoms with Gasteiger partial charge in [-0.15, -0.1) is 11.3 Å². The molecule has 0 radical (unpaired) electrons. The van der Waals surface area contributed by atoms with Gasteiger partial charge in [0.25, 0.3) is 0 Å². The lowest BCUT2D eigenvalue weighted by atomic mass is 9.89. The molecule has 28 heavy (non-hydrogen) atoms. The maximum absolute atomic E-state index is 10.2. The highest BCUT2D eigenvalue weighted by molar-refractivity contribution is 7.19. The van der Waals surface area contributed by atoms with Crippen molar-refractivity contribution in [3.05, 3.63) is 40.5 Å². The van der Waals surface area contributed by atoms with Crippen LogP contribution in [0.1, 0.15) is 29.6 Å². The molecule has 0 spiro atoms. The average Bonchev–Trinajstić information content (AvgIpc) is 3.05. The summed E-state index contributed by atoms with van der Waals surface area (Å²) in [6.07, 6.45) is 3.58. The third-order valence-electron chi connectivity index (χ3n) is 6.05. The number of fused-ring (bicyclic) bond motifs is 3. The van der Waals surface area contributed by atoms with Crippen LogP contribution in [0.4, 0.5) is 11.5 Å². The topological polar surface area (TPSA) is 52.5 Å². The summed E-state index contributed by atoms with van der Waals surface area (Å²) in [5.74, 6) is 3.10. The largest absolute Gasteiger partial charge is 0.506 e. The number of aromatic nitrogens is 2. The fourth-order valence-electron chi connectivity index (χ4n) is 4.55. The van der Waals surface area contributed by atoms with E-state index in [1.807, 2.05) is 36.5 Å². The van der Waals surface area contributed by atoms with Crippen LogP contribution in [0.5, 0.6) is 5.75 Å². The minimum atomic E-state index is 0.359. The fourth-order valence-corrected chi connectivity index (χ4v) is 5.97. The van der Waals surface area contributed by atoms with E-state index in [-0.39, 0.29) is 0 Å². The maximum atomic E-state index is 10.2. The van der Waals surface area contributed by atoms with Gasteiger partial charge in [-0.3, -0.25) is 0 Å². The van der Waals surface area contributed by atoms with Crippen LogP contribution in [-0.2, 0) is 12.8 Å². The molecule has 1 aliphatic heterocycles. The van der Waals surface area contributed by atoms with Gasteiger partial charge < -0.3 is 14.9 Å². The normalized spacial score (nSPS) is 19.9. The first-order chi connectivity index (χ1) is 13.6. The van der Waals surface area contributed by atoms with Crippen molar-refractivity contribution >= 4 is 33.1 Å². The number of phenolic OH excluding ortho intramolecular Hbond substituents is 1. The van der Waals surface area contributed by atoms with Gasteiger partial charge in [0, 0.05) is 31.1 Å². The van der Waals surface area contributed by atoms with Gasteiger partial charge in [-0.05, 0) is 49.8 Å². The van der Waals surface area contributed by atoms with Crippen LogP contribution in [-0.4, -0.2) is 41.3 Å². The first kappa shape index (κ1) is 17.7. The predicted octanol–water partition coefficient (Wildman–Crippen LogP) is 4.16. The molecule has 2 aliphatic rings. The number of hydrogen-bond donors (Lipinski definition) is 1. The van der Waals surface area contributed by atoms with Crippen molar-refractivity contribution in [2.75, 3.05) is 36.0 Å². The Labute approximate surface area is 169 Å². The number of piperazine rings is 1. The summed E-state index contributed by atoms with van der Waals surface area (Å²) in [5, 5.41) is 11.5. The Morgan fingerprint density at radius 2 is 1.82 bits per heavy atom. The SMILES string of the molecule is Cc1nc(N2CCN(c3ccccc3O)CC2)c2c3c(sc2n1)CC(C)CC3. The van der Waals surface area contributed by atoms with Gasteiger partial charge in [0.05, 0.1) is 11.1 Å². The molecule has 0 saturated carbocycles. The van der Waals surface area contributed by atoms with Crippen molar-refractivity contribution in [3.8, 4) is 5.75 Å². The summed E-state index contributed by atoms with van der Waals surface area (Å²) in [4.78, 5) is 17.0. The van der Waals surface area contributed by atoms with E-state index in [9.17, 15) is 5.11 Å². The Morgan fingerprint density at radius 3 is 2.61 bits per heavy atom. The summed E-state index contributed by atoms with van der Waals surface area (Å²) in [5.41, 5.74) is 2.42. The standard InChI is InChI=1S/C22H26N4OS/c1-14-7-8-16-19(13-14)28-22-20(16)21(23-15(2)24-22)26-11-9-25(10-12-26)17-5-3-4-6-18(17)27/h3-6,14,27H,7-13H2,1-2H3. The number of aromatic hydroxyl groups is 1. The molecule has 1 aromatic carbocycles. The van der Waals surface area contributed by atoms with Crippen LogP contribution >= 0.6 is 11.3 Å². The molecule has 1 N–H and O–H groups in total. The van der Waals surface area contributed by atoms with Gasteiger partial charge in [0.15, 0.2) is 0 Å². The molecule has 1 unspecified atom stereocenters. The third-order valence-corrected chi connectivity index (χ3v) is 7.20. The van der Waals surface area contributed by atoms with Crippen molar-refractivity contribution in [3.63, 3.8) is 0 Å². The van der Waals surface area contributed by atoms with Crippen LogP contribution in [0.2, 0.25) is 0 Å². The molecule has 0 bridgehead atoms. The van der Waals surface area contributed by atoms with Crippen molar-refractivity contribution in [1.29, 1.82) is 0 Å². The highest BCUT2D eigenvalue weighted by Gasteiger charge is 2.27. The molecule has 146 valence electrons. The Kier molecular flexibility index (Phi) is 4.38. The van der Waals surface area contributed by atoms with Gasteiger partial charge in [0.2, 0.25) is 0 Å². The summed E-state index contributed by atoms with van der Waals surface area (Å²) < 4.78 is 0. The number of hydrogen-bond acceptors (Lipinski definition) is 6. The molecular formula is C22H26N4OS. The summed E-state index contributed by atoms with van der Waals surface area (Å²) >= 11 is 1.87. The second-order valence-corrected chi connectivity index (χ2v) is 9.17. The summed E-state index contributed by atoms with van der Waals surface area (Å²) in [7, 11) is 0. The van der Waals surface area contributed by atoms with Crippen LogP contribution in [0, 0.1) is 12.8 Å². The maximum Gasteiger partial charge on any atom is 0.141 e. The quantitative estimate of drug-likeness (QED) is 0.707. The first-order valence-corrected chi connectivity index (χ1v) is 11.0. The van der Waals surface area contributed by atoms with E-state index in [1.165, 1.54) is 28.7 Å². The highest BCUT2D eigenvalue weighted by atomic mass is 32.1. The van der Waals surface area contributed by atoms with E-state index < -0.39 is 0 Å². The molecule has 1 aliphatic carbocycles. The molecule has 3 aromatic rings. The monoisotopic (exact) mass is 394 g/mol. The molecular weight excluding hydrogens is 368 g/mol. The van der Waals surface area contributed by atoms with E-state index in [0.29, 0.717) is 5.75 Å². The van der Waals surface area contributed by atoms with Crippen LogP contribution in [0.25, 0.3) is 10.2 Å². The van der Waals surface area contributed by atoms with Gasteiger partial charge in [-0.2, -0.15) is 0 Å². The predicted molar refractivity (Wildman–Crippen MR) is 116 cm³/mol. The van der Waals surface area contributed by atoms with E-state index in [2.05, 4.69) is 16.7 Å². The lowest BCUT2D eigenvalue weighted by Gasteiger charge is -2.37. The zero-order valence-electron chi connectivity index (χ0n) is 16.5. The zero-order chi connectivity index (χ0) is 19.3. The number of benzene rings is 1. The van der Waals surface area contributed by atoms with E-state index in [4.69, 9.17) is 9.97 Å². The second-order valence-electron chi connectivity index (χ2n) is 8.09. The molecule has 3 heterocycles. The number of anilines is 2. The summed E-state index contributed by atoms with van der Waals surface area (Å²) in [6.45, 7) is 7.92.